The molecule has 0 aliphatic heterocycles. The first-order chi connectivity index (χ1) is 9.47. The Hall–Kier alpha value is -1.78. The van der Waals surface area contributed by atoms with Gasteiger partial charge < -0.3 is 5.11 Å². The van der Waals surface area contributed by atoms with Gasteiger partial charge in [-0.3, -0.25) is 4.79 Å². The van der Waals surface area contributed by atoms with Gasteiger partial charge in [0.2, 0.25) is 0 Å². The van der Waals surface area contributed by atoms with Gasteiger partial charge in [-0.05, 0) is 49.4 Å². The molecule has 5 heteroatoms. The first-order valence-corrected chi connectivity index (χ1v) is 6.98. The molecule has 3 nitrogen and oxygen atoms in total. The number of rotatable bonds is 4. The molecule has 0 atom stereocenters. The molecule has 2 rings (SSSR count). The number of halogens is 1. The standard InChI is InChI=1S/C15H11ClO3S/c1-9(17)13-8-10(15(18)19)2-7-14(13)20-12-5-3-11(16)4-6-12/h2-8H,1H3,(H,18,19). The quantitative estimate of drug-likeness (QED) is 0.851. The van der Waals surface area contributed by atoms with Crippen molar-refractivity contribution in [3.8, 4) is 0 Å². The van der Waals surface area contributed by atoms with Crippen LogP contribution in [-0.4, -0.2) is 16.9 Å². The lowest BCUT2D eigenvalue weighted by Gasteiger charge is -2.08. The van der Waals surface area contributed by atoms with Gasteiger partial charge in [-0.1, -0.05) is 23.4 Å². The lowest BCUT2D eigenvalue weighted by atomic mass is 10.1. The Kier molecular flexibility index (Phi) is 4.47. The molecule has 2 aromatic rings. The summed E-state index contributed by atoms with van der Waals surface area (Å²) in [6.07, 6.45) is 0. The normalized spacial score (nSPS) is 10.3. The lowest BCUT2D eigenvalue weighted by Crippen LogP contribution is -2.01. The van der Waals surface area contributed by atoms with E-state index in [1.54, 1.807) is 18.2 Å². The summed E-state index contributed by atoms with van der Waals surface area (Å²) in [4.78, 5) is 24.3. The largest absolute Gasteiger partial charge is 0.478 e. The molecule has 0 bridgehead atoms. The summed E-state index contributed by atoms with van der Waals surface area (Å²) in [6, 6.07) is 11.8. The summed E-state index contributed by atoms with van der Waals surface area (Å²) in [7, 11) is 0. The number of aromatic carboxylic acids is 1. The number of Topliss-reactive ketones (excluding diaryl/α,β-unsaturated/α-hetero) is 1. The van der Waals surface area contributed by atoms with Crippen LogP contribution in [0.1, 0.15) is 27.6 Å². The monoisotopic (exact) mass is 306 g/mol. The summed E-state index contributed by atoms with van der Waals surface area (Å²) in [5, 5.41) is 9.61. The van der Waals surface area contributed by atoms with E-state index in [2.05, 4.69) is 0 Å². The Morgan fingerprint density at radius 2 is 1.75 bits per heavy atom. The predicted octanol–water partition coefficient (Wildman–Crippen LogP) is 4.39. The van der Waals surface area contributed by atoms with E-state index in [-0.39, 0.29) is 11.3 Å². The fourth-order valence-electron chi connectivity index (χ4n) is 1.66. The van der Waals surface area contributed by atoms with Crippen molar-refractivity contribution in [2.75, 3.05) is 0 Å². The third-order valence-electron chi connectivity index (χ3n) is 2.65. The minimum Gasteiger partial charge on any atom is -0.478 e. The molecule has 0 fully saturated rings. The highest BCUT2D eigenvalue weighted by Crippen LogP contribution is 2.32. The number of ketones is 1. The third kappa shape index (κ3) is 3.40. The maximum Gasteiger partial charge on any atom is 0.335 e. The molecule has 0 spiro atoms. The van der Waals surface area contributed by atoms with Gasteiger partial charge in [0.05, 0.1) is 5.56 Å². The van der Waals surface area contributed by atoms with Crippen molar-refractivity contribution in [3.05, 3.63) is 58.6 Å². The van der Waals surface area contributed by atoms with Crippen LogP contribution in [0.5, 0.6) is 0 Å². The third-order valence-corrected chi connectivity index (χ3v) is 3.98. The van der Waals surface area contributed by atoms with Gasteiger partial charge in [-0.2, -0.15) is 0 Å². The summed E-state index contributed by atoms with van der Waals surface area (Å²) in [6.45, 7) is 1.42. The molecule has 20 heavy (non-hydrogen) atoms. The van der Waals surface area contributed by atoms with Crippen LogP contribution in [0.3, 0.4) is 0 Å². The van der Waals surface area contributed by atoms with Gasteiger partial charge in [-0.25, -0.2) is 4.79 Å². The lowest BCUT2D eigenvalue weighted by molar-refractivity contribution is 0.0697. The minimum atomic E-state index is -1.05. The molecule has 2 aromatic carbocycles. The SMILES string of the molecule is CC(=O)c1cc(C(=O)O)ccc1Sc1ccc(Cl)cc1. The van der Waals surface area contributed by atoms with E-state index in [0.29, 0.717) is 10.6 Å². The molecule has 0 aromatic heterocycles. The van der Waals surface area contributed by atoms with Gasteiger partial charge in [-0.15, -0.1) is 0 Å². The second kappa shape index (κ2) is 6.11. The van der Waals surface area contributed by atoms with Gasteiger partial charge in [0.1, 0.15) is 0 Å². The zero-order valence-electron chi connectivity index (χ0n) is 10.6. The van der Waals surface area contributed by atoms with Crippen molar-refractivity contribution in [1.82, 2.24) is 0 Å². The van der Waals surface area contributed by atoms with Crippen molar-refractivity contribution in [2.24, 2.45) is 0 Å². The average molecular weight is 307 g/mol. The van der Waals surface area contributed by atoms with Gasteiger partial charge in [0.25, 0.3) is 0 Å². The number of carbonyl (C=O) groups is 2. The first-order valence-electron chi connectivity index (χ1n) is 5.79. The zero-order valence-corrected chi connectivity index (χ0v) is 12.2. The second-order valence-corrected chi connectivity index (χ2v) is 5.68. The van der Waals surface area contributed by atoms with Crippen molar-refractivity contribution < 1.29 is 14.7 Å². The maximum atomic E-state index is 11.7. The summed E-state index contributed by atoms with van der Waals surface area (Å²) < 4.78 is 0. The smallest absolute Gasteiger partial charge is 0.335 e. The predicted molar refractivity (Wildman–Crippen MR) is 79.0 cm³/mol. The molecule has 102 valence electrons. The molecule has 0 heterocycles. The summed E-state index contributed by atoms with van der Waals surface area (Å²) in [5.74, 6) is -1.21. The highest BCUT2D eigenvalue weighted by Gasteiger charge is 2.12. The zero-order chi connectivity index (χ0) is 14.7. The molecule has 0 saturated carbocycles. The van der Waals surface area contributed by atoms with Gasteiger partial charge >= 0.3 is 5.97 Å². The molecule has 0 aliphatic carbocycles. The number of carboxylic acids is 1. The molecule has 1 N–H and O–H groups in total. The Morgan fingerprint density at radius 3 is 2.30 bits per heavy atom. The summed E-state index contributed by atoms with van der Waals surface area (Å²) in [5.41, 5.74) is 0.514. The van der Waals surface area contributed by atoms with E-state index in [1.165, 1.54) is 30.8 Å². The van der Waals surface area contributed by atoms with Crippen LogP contribution in [-0.2, 0) is 0 Å². The Balaban J connectivity index is 2.38. The van der Waals surface area contributed by atoms with Crippen LogP contribution in [0.25, 0.3) is 0 Å². The Morgan fingerprint density at radius 1 is 1.10 bits per heavy atom. The number of benzene rings is 2. The summed E-state index contributed by atoms with van der Waals surface area (Å²) >= 11 is 7.22. The second-order valence-electron chi connectivity index (χ2n) is 4.13. The molecular weight excluding hydrogens is 296 g/mol. The van der Waals surface area contributed by atoms with E-state index in [4.69, 9.17) is 16.7 Å². The van der Waals surface area contributed by atoms with E-state index in [0.717, 1.165) is 9.79 Å². The average Bonchev–Trinajstić information content (AvgIpc) is 2.41. The Labute approximate surface area is 125 Å². The number of carbonyl (C=O) groups excluding carboxylic acids is 1. The number of carboxylic acid groups (broad SMARTS) is 1. The van der Waals surface area contributed by atoms with E-state index < -0.39 is 5.97 Å². The fraction of sp³-hybridized carbons (Fsp3) is 0.0667. The topological polar surface area (TPSA) is 54.4 Å². The van der Waals surface area contributed by atoms with Crippen LogP contribution < -0.4 is 0 Å². The molecule has 0 aliphatic rings. The van der Waals surface area contributed by atoms with E-state index in [1.807, 2.05) is 12.1 Å². The molecule has 0 radical (unpaired) electrons. The van der Waals surface area contributed by atoms with Crippen molar-refractivity contribution in [2.45, 2.75) is 16.7 Å². The van der Waals surface area contributed by atoms with Crippen LogP contribution in [0.15, 0.2) is 52.3 Å². The molecule has 0 unspecified atom stereocenters. The van der Waals surface area contributed by atoms with Crippen molar-refractivity contribution in [1.29, 1.82) is 0 Å². The molecule has 0 saturated heterocycles. The number of hydrogen-bond acceptors (Lipinski definition) is 3. The van der Waals surface area contributed by atoms with Crippen molar-refractivity contribution in [3.63, 3.8) is 0 Å². The van der Waals surface area contributed by atoms with Crippen LogP contribution in [0, 0.1) is 0 Å². The number of hydrogen-bond donors (Lipinski definition) is 1. The molecular formula is C15H11ClO3S. The van der Waals surface area contributed by atoms with Gasteiger partial charge in [0, 0.05) is 20.4 Å². The Bertz CT molecular complexity index is 665. The fourth-order valence-corrected chi connectivity index (χ4v) is 2.76. The van der Waals surface area contributed by atoms with Gasteiger partial charge in [0.15, 0.2) is 5.78 Å². The highest BCUT2D eigenvalue weighted by atomic mass is 35.5. The van der Waals surface area contributed by atoms with E-state index in [9.17, 15) is 9.59 Å². The van der Waals surface area contributed by atoms with Crippen molar-refractivity contribution >= 4 is 35.1 Å². The minimum absolute atomic E-state index is 0.107. The van der Waals surface area contributed by atoms with Crippen LogP contribution >= 0.6 is 23.4 Å². The van der Waals surface area contributed by atoms with E-state index >= 15 is 0 Å². The molecule has 0 amide bonds. The van der Waals surface area contributed by atoms with Crippen LogP contribution in [0.4, 0.5) is 0 Å². The first kappa shape index (κ1) is 14.6. The highest BCUT2D eigenvalue weighted by molar-refractivity contribution is 7.99. The van der Waals surface area contributed by atoms with Crippen LogP contribution in [0.2, 0.25) is 5.02 Å². The maximum absolute atomic E-state index is 11.7.